The molecule has 2 atom stereocenters. The molecular formula is C28H36BrF4N3O4. The van der Waals surface area contributed by atoms with Gasteiger partial charge in [0, 0.05) is 28.8 Å². The summed E-state index contributed by atoms with van der Waals surface area (Å²) in [7, 11) is 3.43. The van der Waals surface area contributed by atoms with Crippen LogP contribution in [0, 0.1) is 18.7 Å². The molecule has 0 fully saturated rings. The first-order valence-corrected chi connectivity index (χ1v) is 13.7. The van der Waals surface area contributed by atoms with Crippen LogP contribution in [0.15, 0.2) is 33.7 Å². The number of rotatable bonds is 12. The highest BCUT2D eigenvalue weighted by molar-refractivity contribution is 9.10. The fourth-order valence-electron chi connectivity index (χ4n) is 4.33. The smallest absolute Gasteiger partial charge is 0.416 e. The van der Waals surface area contributed by atoms with Gasteiger partial charge in [0.15, 0.2) is 0 Å². The number of nitrogens with zero attached hydrogens (tertiary/aromatic N) is 2. The van der Waals surface area contributed by atoms with Gasteiger partial charge in [-0.05, 0) is 70.0 Å². The Balaban J connectivity index is 2.61. The van der Waals surface area contributed by atoms with Crippen molar-refractivity contribution in [2.75, 3.05) is 27.2 Å². The lowest BCUT2D eigenvalue weighted by Crippen LogP contribution is -2.41. The SMILES string of the molecule is CCOC(=O)C[C@H](NC(=O)[C@H](CC(C)C)n1cc(CCN(C)C)c(C(F)(F)F)cc1=O)c1cc(Br)cc(C)c1F. The number of hydrogen-bond donors (Lipinski definition) is 1. The monoisotopic (exact) mass is 633 g/mol. The summed E-state index contributed by atoms with van der Waals surface area (Å²) < 4.78 is 63.1. The zero-order valence-electron chi connectivity index (χ0n) is 23.5. The fraction of sp³-hybridized carbons (Fsp3) is 0.536. The number of aryl methyl sites for hydroxylation is 1. The van der Waals surface area contributed by atoms with Crippen molar-refractivity contribution in [3.8, 4) is 0 Å². The lowest BCUT2D eigenvalue weighted by atomic mass is 9.98. The minimum absolute atomic E-state index is 0.00778. The molecule has 2 rings (SSSR count). The highest BCUT2D eigenvalue weighted by atomic mass is 79.9. The maximum Gasteiger partial charge on any atom is 0.416 e. The number of benzene rings is 1. The van der Waals surface area contributed by atoms with Crippen molar-refractivity contribution in [2.24, 2.45) is 5.92 Å². The molecule has 0 bridgehead atoms. The van der Waals surface area contributed by atoms with E-state index in [0.29, 0.717) is 10.5 Å². The van der Waals surface area contributed by atoms with E-state index in [2.05, 4.69) is 21.2 Å². The molecule has 0 aliphatic rings. The van der Waals surface area contributed by atoms with Crippen LogP contribution in [0.3, 0.4) is 0 Å². The van der Waals surface area contributed by atoms with Gasteiger partial charge in [-0.3, -0.25) is 14.4 Å². The normalized spacial score (nSPS) is 13.4. The Kier molecular flexibility index (Phi) is 11.9. The molecule has 0 saturated heterocycles. The third kappa shape index (κ3) is 9.15. The van der Waals surface area contributed by atoms with Gasteiger partial charge in [0.2, 0.25) is 5.91 Å². The van der Waals surface area contributed by atoms with Crippen molar-refractivity contribution >= 4 is 27.8 Å². The number of carbonyl (C=O) groups is 2. The number of pyridine rings is 1. The van der Waals surface area contributed by atoms with Crippen LogP contribution in [-0.4, -0.2) is 48.6 Å². The predicted octanol–water partition coefficient (Wildman–Crippen LogP) is 5.58. The Bertz CT molecular complexity index is 1260. The maximum atomic E-state index is 15.2. The first kappa shape index (κ1) is 33.5. The molecule has 7 nitrogen and oxygen atoms in total. The van der Waals surface area contributed by atoms with Crippen molar-refractivity contribution in [1.29, 1.82) is 0 Å². The number of alkyl halides is 3. The third-order valence-corrected chi connectivity index (χ3v) is 6.70. The fourth-order valence-corrected chi connectivity index (χ4v) is 4.92. The molecule has 1 aromatic carbocycles. The number of halogens is 5. The quantitative estimate of drug-likeness (QED) is 0.244. The topological polar surface area (TPSA) is 80.6 Å². The average molecular weight is 635 g/mol. The van der Waals surface area contributed by atoms with Crippen LogP contribution in [0.1, 0.15) is 68.0 Å². The standard InChI is InChI=1S/C28H36BrF4N3O4/c1-7-40-25(38)14-22(20-12-19(29)11-17(4)26(20)30)34-27(39)23(10-16(2)3)36-15-18(8-9-35(5)6)21(13-24(36)37)28(31,32)33/h11-13,15-16,22-23H,7-10,14H2,1-6H3,(H,34,39)/t22-,23-/m0/s1. The number of ether oxygens (including phenoxy) is 1. The molecule has 12 heteroatoms. The molecule has 2 aromatic rings. The van der Waals surface area contributed by atoms with Crippen molar-refractivity contribution < 1.29 is 31.9 Å². The third-order valence-electron chi connectivity index (χ3n) is 6.25. The van der Waals surface area contributed by atoms with Gasteiger partial charge in [0.1, 0.15) is 11.9 Å². The molecule has 0 unspecified atom stereocenters. The van der Waals surface area contributed by atoms with Crippen molar-refractivity contribution in [3.63, 3.8) is 0 Å². The summed E-state index contributed by atoms with van der Waals surface area (Å²) >= 11 is 3.31. The second-order valence-corrected chi connectivity index (χ2v) is 11.3. The van der Waals surface area contributed by atoms with Crippen molar-refractivity contribution in [3.05, 3.63) is 67.3 Å². The van der Waals surface area contributed by atoms with Gasteiger partial charge in [-0.1, -0.05) is 29.8 Å². The highest BCUT2D eigenvalue weighted by Gasteiger charge is 2.36. The van der Waals surface area contributed by atoms with Gasteiger partial charge in [0.05, 0.1) is 24.6 Å². The minimum Gasteiger partial charge on any atom is -0.466 e. The highest BCUT2D eigenvalue weighted by Crippen LogP contribution is 2.33. The molecule has 1 amide bonds. The number of carbonyl (C=O) groups excluding carboxylic acids is 2. The summed E-state index contributed by atoms with van der Waals surface area (Å²) in [5, 5.41) is 2.67. The molecule has 0 saturated carbocycles. The Morgan fingerprint density at radius 1 is 1.18 bits per heavy atom. The summed E-state index contributed by atoms with van der Waals surface area (Å²) in [4.78, 5) is 40.8. The molecule has 1 aromatic heterocycles. The largest absolute Gasteiger partial charge is 0.466 e. The Hall–Kier alpha value is -2.73. The Morgan fingerprint density at radius 2 is 1.82 bits per heavy atom. The maximum absolute atomic E-state index is 15.2. The lowest BCUT2D eigenvalue weighted by molar-refractivity contribution is -0.144. The molecule has 0 radical (unpaired) electrons. The number of esters is 1. The van der Waals surface area contributed by atoms with Crippen LogP contribution in [0.4, 0.5) is 17.6 Å². The zero-order chi connectivity index (χ0) is 30.4. The van der Waals surface area contributed by atoms with E-state index in [4.69, 9.17) is 4.74 Å². The number of amides is 1. The van der Waals surface area contributed by atoms with Crippen LogP contribution in [0.5, 0.6) is 0 Å². The Labute approximate surface area is 240 Å². The van der Waals surface area contributed by atoms with Gasteiger partial charge in [-0.25, -0.2) is 4.39 Å². The summed E-state index contributed by atoms with van der Waals surface area (Å²) in [6.45, 7) is 7.10. The van der Waals surface area contributed by atoms with Crippen LogP contribution in [-0.2, 0) is 26.9 Å². The molecule has 1 heterocycles. The van der Waals surface area contributed by atoms with Gasteiger partial charge < -0.3 is 19.5 Å². The molecule has 222 valence electrons. The second kappa shape index (κ2) is 14.2. The predicted molar refractivity (Wildman–Crippen MR) is 147 cm³/mol. The van der Waals surface area contributed by atoms with Crippen molar-refractivity contribution in [2.45, 2.75) is 65.2 Å². The van der Waals surface area contributed by atoms with E-state index in [9.17, 15) is 27.6 Å². The van der Waals surface area contributed by atoms with Gasteiger partial charge in [-0.15, -0.1) is 0 Å². The minimum atomic E-state index is -4.75. The molecule has 1 N–H and O–H groups in total. The summed E-state index contributed by atoms with van der Waals surface area (Å²) in [6.07, 6.45) is -3.96. The van der Waals surface area contributed by atoms with E-state index in [1.54, 1.807) is 45.8 Å². The molecular weight excluding hydrogens is 598 g/mol. The molecule has 40 heavy (non-hydrogen) atoms. The van der Waals surface area contributed by atoms with E-state index in [0.717, 1.165) is 10.8 Å². The first-order valence-electron chi connectivity index (χ1n) is 12.9. The summed E-state index contributed by atoms with van der Waals surface area (Å²) in [6, 6.07) is 1.12. The van der Waals surface area contributed by atoms with Gasteiger partial charge >= 0.3 is 12.1 Å². The summed E-state index contributed by atoms with van der Waals surface area (Å²) in [5.74, 6) is -2.18. The van der Waals surface area contributed by atoms with Gasteiger partial charge in [0.25, 0.3) is 5.56 Å². The van der Waals surface area contributed by atoms with Crippen LogP contribution >= 0.6 is 15.9 Å². The van der Waals surface area contributed by atoms with E-state index in [-0.39, 0.29) is 48.6 Å². The Morgan fingerprint density at radius 3 is 2.38 bits per heavy atom. The second-order valence-electron chi connectivity index (χ2n) is 10.4. The molecule has 0 spiro atoms. The van der Waals surface area contributed by atoms with Crippen LogP contribution in [0.2, 0.25) is 0 Å². The van der Waals surface area contributed by atoms with E-state index >= 15 is 4.39 Å². The van der Waals surface area contributed by atoms with Crippen LogP contribution < -0.4 is 10.9 Å². The number of likely N-dealkylation sites (N-methyl/N-ethyl adjacent to an activating group) is 1. The first-order chi connectivity index (χ1) is 18.5. The van der Waals surface area contributed by atoms with E-state index < -0.39 is 53.5 Å². The van der Waals surface area contributed by atoms with Crippen molar-refractivity contribution in [1.82, 2.24) is 14.8 Å². The molecule has 0 aliphatic carbocycles. The van der Waals surface area contributed by atoms with E-state index in [1.807, 2.05) is 0 Å². The lowest BCUT2D eigenvalue weighted by Gasteiger charge is -2.27. The van der Waals surface area contributed by atoms with E-state index in [1.165, 1.54) is 13.0 Å². The number of hydrogen-bond acceptors (Lipinski definition) is 5. The van der Waals surface area contributed by atoms with Gasteiger partial charge in [-0.2, -0.15) is 13.2 Å². The number of aromatic nitrogens is 1. The molecule has 0 aliphatic heterocycles. The average Bonchev–Trinajstić information content (AvgIpc) is 2.82. The summed E-state index contributed by atoms with van der Waals surface area (Å²) in [5.41, 5.74) is -1.86. The van der Waals surface area contributed by atoms with Crippen LogP contribution in [0.25, 0.3) is 0 Å². The number of nitrogens with one attached hydrogen (secondary N) is 1. The zero-order valence-corrected chi connectivity index (χ0v) is 25.1.